The van der Waals surface area contributed by atoms with E-state index in [9.17, 15) is 9.59 Å². The molecule has 28 heavy (non-hydrogen) atoms. The second-order valence-corrected chi connectivity index (χ2v) is 8.84. The third kappa shape index (κ3) is 3.84. The van der Waals surface area contributed by atoms with E-state index in [1.165, 1.54) is 11.3 Å². The number of amides is 2. The molecular weight excluding hydrogens is 388 g/mol. The molecule has 0 spiro atoms. The molecule has 1 unspecified atom stereocenters. The van der Waals surface area contributed by atoms with Crippen molar-refractivity contribution in [2.24, 2.45) is 0 Å². The largest absolute Gasteiger partial charge is 0.321 e. The van der Waals surface area contributed by atoms with E-state index in [0.717, 1.165) is 28.1 Å². The number of benzene rings is 2. The van der Waals surface area contributed by atoms with Crippen molar-refractivity contribution in [1.29, 1.82) is 0 Å². The van der Waals surface area contributed by atoms with E-state index in [0.29, 0.717) is 10.6 Å². The topological polar surface area (TPSA) is 49.4 Å². The zero-order valence-corrected chi connectivity index (χ0v) is 17.3. The molecule has 1 atom stereocenters. The summed E-state index contributed by atoms with van der Waals surface area (Å²) in [5.41, 5.74) is 5.02. The molecule has 1 aliphatic rings. The van der Waals surface area contributed by atoms with Crippen molar-refractivity contribution in [2.45, 2.75) is 19.2 Å². The summed E-state index contributed by atoms with van der Waals surface area (Å²) in [6.45, 7) is 4.09. The second kappa shape index (κ2) is 7.81. The first-order valence-electron chi connectivity index (χ1n) is 8.98. The highest BCUT2D eigenvalue weighted by Crippen LogP contribution is 2.42. The smallest absolute Gasteiger partial charge is 0.265 e. The zero-order valence-electron chi connectivity index (χ0n) is 15.6. The van der Waals surface area contributed by atoms with Gasteiger partial charge in [-0.1, -0.05) is 24.3 Å². The highest BCUT2D eigenvalue weighted by atomic mass is 32.2. The molecule has 2 heterocycles. The summed E-state index contributed by atoms with van der Waals surface area (Å²) in [6.07, 6.45) is 0. The van der Waals surface area contributed by atoms with Crippen molar-refractivity contribution < 1.29 is 9.59 Å². The number of hydrogen-bond acceptors (Lipinski definition) is 4. The van der Waals surface area contributed by atoms with Gasteiger partial charge in [-0.15, -0.1) is 23.1 Å². The van der Waals surface area contributed by atoms with Gasteiger partial charge in [0.15, 0.2) is 0 Å². The minimum atomic E-state index is -0.106. The Morgan fingerprint density at radius 1 is 1.07 bits per heavy atom. The van der Waals surface area contributed by atoms with Crippen LogP contribution in [0.3, 0.4) is 0 Å². The van der Waals surface area contributed by atoms with Gasteiger partial charge in [-0.2, -0.15) is 0 Å². The number of hydrogen-bond donors (Lipinski definition) is 1. The SMILES string of the molecule is Cc1cc(C)cc(N2C(=O)CSC2c2ccc(NC(=O)c3cccs3)cc2)c1. The normalized spacial score (nSPS) is 16.4. The average molecular weight is 409 g/mol. The van der Waals surface area contributed by atoms with Crippen molar-refractivity contribution in [2.75, 3.05) is 16.0 Å². The molecule has 2 aromatic carbocycles. The van der Waals surface area contributed by atoms with Crippen LogP contribution in [0.1, 0.15) is 31.7 Å². The number of anilines is 2. The maximum Gasteiger partial charge on any atom is 0.265 e. The molecule has 1 fully saturated rings. The molecule has 1 aromatic heterocycles. The summed E-state index contributed by atoms with van der Waals surface area (Å²) >= 11 is 3.04. The van der Waals surface area contributed by atoms with E-state index in [2.05, 4.69) is 23.5 Å². The van der Waals surface area contributed by atoms with Gasteiger partial charge in [0.05, 0.1) is 10.6 Å². The minimum Gasteiger partial charge on any atom is -0.321 e. The number of aryl methyl sites for hydroxylation is 2. The first-order chi connectivity index (χ1) is 13.5. The first-order valence-corrected chi connectivity index (χ1v) is 10.9. The molecule has 1 N–H and O–H groups in total. The monoisotopic (exact) mass is 408 g/mol. The van der Waals surface area contributed by atoms with Gasteiger partial charge in [0.1, 0.15) is 5.37 Å². The lowest BCUT2D eigenvalue weighted by Gasteiger charge is -2.25. The van der Waals surface area contributed by atoms with Crippen LogP contribution in [0.2, 0.25) is 0 Å². The lowest BCUT2D eigenvalue weighted by atomic mass is 10.1. The van der Waals surface area contributed by atoms with E-state index < -0.39 is 0 Å². The van der Waals surface area contributed by atoms with E-state index in [4.69, 9.17) is 0 Å². The number of rotatable bonds is 4. The molecule has 0 radical (unpaired) electrons. The number of nitrogens with one attached hydrogen (secondary N) is 1. The van der Waals surface area contributed by atoms with Gasteiger partial charge >= 0.3 is 0 Å². The zero-order chi connectivity index (χ0) is 19.7. The van der Waals surface area contributed by atoms with Gasteiger partial charge in [0.25, 0.3) is 5.91 Å². The van der Waals surface area contributed by atoms with Gasteiger partial charge in [-0.25, -0.2) is 0 Å². The number of carbonyl (C=O) groups is 2. The van der Waals surface area contributed by atoms with Gasteiger partial charge < -0.3 is 5.32 Å². The van der Waals surface area contributed by atoms with Crippen LogP contribution < -0.4 is 10.2 Å². The summed E-state index contributed by atoms with van der Waals surface area (Å²) in [7, 11) is 0. The van der Waals surface area contributed by atoms with E-state index in [1.54, 1.807) is 17.8 Å². The Kier molecular flexibility index (Phi) is 5.24. The number of thioether (sulfide) groups is 1. The Morgan fingerprint density at radius 2 is 1.79 bits per heavy atom. The number of thiophene rings is 1. The van der Waals surface area contributed by atoms with Crippen molar-refractivity contribution >= 4 is 46.3 Å². The van der Waals surface area contributed by atoms with Crippen molar-refractivity contribution in [3.63, 3.8) is 0 Å². The molecule has 4 rings (SSSR count). The Bertz CT molecular complexity index is 993. The Balaban J connectivity index is 1.56. The predicted molar refractivity (Wildman–Crippen MR) is 117 cm³/mol. The fourth-order valence-electron chi connectivity index (χ4n) is 3.37. The summed E-state index contributed by atoms with van der Waals surface area (Å²) in [5.74, 6) is 0.481. The van der Waals surface area contributed by atoms with Gasteiger partial charge in [0, 0.05) is 11.4 Å². The van der Waals surface area contributed by atoms with E-state index >= 15 is 0 Å². The molecule has 6 heteroatoms. The minimum absolute atomic E-state index is 0.0595. The molecule has 1 saturated heterocycles. The predicted octanol–water partition coefficient (Wildman–Crippen LogP) is 5.40. The Hall–Kier alpha value is -2.57. The van der Waals surface area contributed by atoms with Crippen LogP contribution in [0, 0.1) is 13.8 Å². The van der Waals surface area contributed by atoms with Crippen LogP contribution in [-0.4, -0.2) is 17.6 Å². The lowest BCUT2D eigenvalue weighted by molar-refractivity contribution is -0.115. The Morgan fingerprint density at radius 3 is 2.43 bits per heavy atom. The van der Waals surface area contributed by atoms with E-state index in [1.807, 2.05) is 54.5 Å². The molecule has 0 saturated carbocycles. The van der Waals surface area contributed by atoms with Gasteiger partial charge in [-0.05, 0) is 66.2 Å². The second-order valence-electron chi connectivity index (χ2n) is 6.83. The first kappa shape index (κ1) is 18.8. The highest BCUT2D eigenvalue weighted by molar-refractivity contribution is 8.00. The number of nitrogens with zero attached hydrogens (tertiary/aromatic N) is 1. The molecule has 4 nitrogen and oxygen atoms in total. The van der Waals surface area contributed by atoms with Crippen LogP contribution in [0.4, 0.5) is 11.4 Å². The van der Waals surface area contributed by atoms with Crippen molar-refractivity contribution in [3.05, 3.63) is 81.5 Å². The van der Waals surface area contributed by atoms with E-state index in [-0.39, 0.29) is 17.2 Å². The lowest BCUT2D eigenvalue weighted by Crippen LogP contribution is -2.28. The maximum absolute atomic E-state index is 12.6. The average Bonchev–Trinajstić information content (AvgIpc) is 3.31. The maximum atomic E-state index is 12.6. The standard InChI is InChI=1S/C22H20N2O2S2/c1-14-10-15(2)12-18(11-14)24-20(25)13-28-22(24)16-5-7-17(8-6-16)23-21(26)19-4-3-9-27-19/h3-12,22H,13H2,1-2H3,(H,23,26). The highest BCUT2D eigenvalue weighted by Gasteiger charge is 2.34. The molecule has 142 valence electrons. The fraction of sp³-hybridized carbons (Fsp3) is 0.182. The summed E-state index contributed by atoms with van der Waals surface area (Å²) < 4.78 is 0. The molecule has 3 aromatic rings. The van der Waals surface area contributed by atoms with Gasteiger partial charge in [0.2, 0.25) is 5.91 Å². The third-order valence-electron chi connectivity index (χ3n) is 4.55. The molecule has 1 aliphatic heterocycles. The molecule has 0 aliphatic carbocycles. The molecule has 2 amide bonds. The molecule has 0 bridgehead atoms. The third-order valence-corrected chi connectivity index (χ3v) is 6.63. The fourth-order valence-corrected chi connectivity index (χ4v) is 5.17. The molecular formula is C22H20N2O2S2. The van der Waals surface area contributed by atoms with Crippen LogP contribution >= 0.6 is 23.1 Å². The van der Waals surface area contributed by atoms with Crippen LogP contribution in [0.5, 0.6) is 0 Å². The van der Waals surface area contributed by atoms with Crippen molar-refractivity contribution in [3.8, 4) is 0 Å². The van der Waals surface area contributed by atoms with Crippen LogP contribution in [0.25, 0.3) is 0 Å². The quantitative estimate of drug-likeness (QED) is 0.629. The van der Waals surface area contributed by atoms with Gasteiger partial charge in [-0.3, -0.25) is 14.5 Å². The Labute approximate surface area is 172 Å². The van der Waals surface area contributed by atoms with Crippen LogP contribution in [-0.2, 0) is 4.79 Å². The summed E-state index contributed by atoms with van der Waals surface area (Å²) in [5, 5.41) is 4.74. The number of carbonyl (C=O) groups excluding carboxylic acids is 2. The summed E-state index contributed by atoms with van der Waals surface area (Å²) in [4.78, 5) is 27.3. The van der Waals surface area contributed by atoms with Crippen LogP contribution in [0.15, 0.2) is 60.0 Å². The van der Waals surface area contributed by atoms with Crippen molar-refractivity contribution in [1.82, 2.24) is 0 Å². The summed E-state index contributed by atoms with van der Waals surface area (Å²) in [6, 6.07) is 17.6.